The zero-order chi connectivity index (χ0) is 24.0. The Hall–Kier alpha value is -0.290. The van der Waals surface area contributed by atoms with Crippen LogP contribution in [0, 0.1) is 5.41 Å². The third-order valence-electron chi connectivity index (χ3n) is 7.05. The number of rotatable bonds is 24. The Balaban J connectivity index is 3.77. The van der Waals surface area contributed by atoms with E-state index >= 15 is 0 Å². The van der Waals surface area contributed by atoms with Crippen LogP contribution in [0.5, 0.6) is 0 Å². The van der Waals surface area contributed by atoms with Crippen molar-refractivity contribution in [3.63, 3.8) is 0 Å². The van der Waals surface area contributed by atoms with Gasteiger partial charge in [-0.1, -0.05) is 122 Å². The maximum absolute atomic E-state index is 13.7. The number of halogens is 3. The van der Waals surface area contributed by atoms with Crippen molar-refractivity contribution >= 4 is 0 Å². The smallest absolute Gasteiger partial charge is 0.330 e. The van der Waals surface area contributed by atoms with Gasteiger partial charge in [0.2, 0.25) is 0 Å². The predicted molar refractivity (Wildman–Crippen MR) is 134 cm³/mol. The second-order valence-electron chi connectivity index (χ2n) is 10.2. The van der Waals surface area contributed by atoms with Gasteiger partial charge in [0.15, 0.2) is 0 Å². The van der Waals surface area contributed by atoms with Crippen molar-refractivity contribution in [3.8, 4) is 0 Å². The summed E-state index contributed by atoms with van der Waals surface area (Å²) in [5, 5.41) is 0. The van der Waals surface area contributed by atoms with Crippen LogP contribution in [0.3, 0.4) is 0 Å². The fourth-order valence-electron chi connectivity index (χ4n) is 4.56. The zero-order valence-electron chi connectivity index (χ0n) is 21.3. The Morgan fingerprint density at radius 1 is 0.406 bits per heavy atom. The maximum atomic E-state index is 13.7. The third-order valence-corrected chi connectivity index (χ3v) is 7.05. The molecule has 4 N–H and O–H groups in total. The van der Waals surface area contributed by atoms with Gasteiger partial charge in [-0.05, 0) is 38.8 Å². The Bertz CT molecular complexity index is 360. The van der Waals surface area contributed by atoms with E-state index in [-0.39, 0.29) is 0 Å². The molecule has 5 heteroatoms. The molecule has 0 aliphatic heterocycles. The topological polar surface area (TPSA) is 52.0 Å². The lowest BCUT2D eigenvalue weighted by Gasteiger charge is -2.32. The van der Waals surface area contributed by atoms with Crippen molar-refractivity contribution in [2.45, 2.75) is 154 Å². The van der Waals surface area contributed by atoms with Crippen LogP contribution in [0.15, 0.2) is 0 Å². The van der Waals surface area contributed by atoms with Crippen molar-refractivity contribution in [3.05, 3.63) is 0 Å². The van der Waals surface area contributed by atoms with Crippen molar-refractivity contribution in [1.82, 2.24) is 0 Å². The number of nitrogens with two attached hydrogens (primary N) is 2. The van der Waals surface area contributed by atoms with Crippen molar-refractivity contribution in [1.29, 1.82) is 0 Å². The van der Waals surface area contributed by atoms with E-state index in [0.717, 1.165) is 64.5 Å². The van der Waals surface area contributed by atoms with Crippen molar-refractivity contribution < 1.29 is 13.2 Å². The summed E-state index contributed by atoms with van der Waals surface area (Å²) in [6.07, 6.45) is 18.9. The summed E-state index contributed by atoms with van der Waals surface area (Å²) < 4.78 is 41.1. The highest BCUT2D eigenvalue weighted by Crippen LogP contribution is 2.46. The lowest BCUT2D eigenvalue weighted by Crippen LogP contribution is -2.35. The molecule has 32 heavy (non-hydrogen) atoms. The van der Waals surface area contributed by atoms with Crippen molar-refractivity contribution in [2.24, 2.45) is 16.9 Å². The molecule has 0 aliphatic rings. The summed E-state index contributed by atoms with van der Waals surface area (Å²) >= 11 is 0. The van der Waals surface area contributed by atoms with E-state index in [2.05, 4.69) is 0 Å². The summed E-state index contributed by atoms with van der Waals surface area (Å²) in [6, 6.07) is 0. The minimum atomic E-state index is -4.08. The average Bonchev–Trinajstić information content (AvgIpc) is 2.75. The van der Waals surface area contributed by atoms with E-state index in [1.54, 1.807) is 0 Å². The van der Waals surface area contributed by atoms with Crippen LogP contribution in [0.25, 0.3) is 0 Å². The molecule has 2 nitrogen and oxygen atoms in total. The summed E-state index contributed by atoms with van der Waals surface area (Å²) in [5.74, 6) is 0. The molecule has 0 aromatic rings. The van der Waals surface area contributed by atoms with E-state index in [1.807, 2.05) is 0 Å². The predicted octanol–water partition coefficient (Wildman–Crippen LogP) is 9.05. The second kappa shape index (κ2) is 21.3. The van der Waals surface area contributed by atoms with Gasteiger partial charge in [-0.25, -0.2) is 0 Å². The molecular weight excluding hydrogens is 409 g/mol. The standard InChI is InChI=1S/C27H55F3N2/c1-26(27(28,29)30,22-18-14-10-6-2-4-8-12-16-20-24-31)23-19-15-11-7-3-5-9-13-17-21-25-32/h2-25,31-32H2,1H3. The minimum absolute atomic E-state index is 0.290. The SMILES string of the molecule is CC(CCCCCCCCCCCCN)(CCCCCCCCCCCCN)C(F)(F)F. The molecule has 0 saturated heterocycles. The highest BCUT2D eigenvalue weighted by Gasteiger charge is 2.49. The Morgan fingerprint density at radius 2 is 0.625 bits per heavy atom. The molecule has 0 aromatic heterocycles. The molecule has 0 aromatic carbocycles. The Kier molecular flexibility index (Phi) is 21.1. The Labute approximate surface area is 197 Å². The van der Waals surface area contributed by atoms with Gasteiger partial charge in [-0.3, -0.25) is 0 Å². The van der Waals surface area contributed by atoms with E-state index in [9.17, 15) is 13.2 Å². The summed E-state index contributed by atoms with van der Waals surface area (Å²) in [6.45, 7) is 3.02. The molecule has 0 aliphatic carbocycles. The van der Waals surface area contributed by atoms with Gasteiger partial charge in [-0.2, -0.15) is 13.2 Å². The molecule has 0 unspecified atom stereocenters. The minimum Gasteiger partial charge on any atom is -0.330 e. The monoisotopic (exact) mass is 464 g/mol. The molecule has 0 radical (unpaired) electrons. The highest BCUT2D eigenvalue weighted by molar-refractivity contribution is 4.82. The maximum Gasteiger partial charge on any atom is 0.394 e. The average molecular weight is 465 g/mol. The number of hydrogen-bond donors (Lipinski definition) is 2. The quantitative estimate of drug-likeness (QED) is 0.140. The first-order chi connectivity index (χ1) is 15.4. The zero-order valence-corrected chi connectivity index (χ0v) is 21.3. The lowest BCUT2D eigenvalue weighted by atomic mass is 9.79. The van der Waals surface area contributed by atoms with E-state index < -0.39 is 11.6 Å². The molecule has 0 heterocycles. The van der Waals surface area contributed by atoms with Crippen LogP contribution in [-0.2, 0) is 0 Å². The molecule has 0 fully saturated rings. The van der Waals surface area contributed by atoms with Crippen LogP contribution in [0.1, 0.15) is 148 Å². The molecule has 194 valence electrons. The summed E-state index contributed by atoms with van der Waals surface area (Å²) in [5.41, 5.74) is 9.49. The van der Waals surface area contributed by atoms with E-state index in [1.165, 1.54) is 71.1 Å². The summed E-state index contributed by atoms with van der Waals surface area (Å²) in [7, 11) is 0. The number of unbranched alkanes of at least 4 members (excludes halogenated alkanes) is 18. The van der Waals surface area contributed by atoms with Crippen LogP contribution in [0.4, 0.5) is 13.2 Å². The lowest BCUT2D eigenvalue weighted by molar-refractivity contribution is -0.223. The van der Waals surface area contributed by atoms with Crippen LogP contribution in [-0.4, -0.2) is 19.3 Å². The van der Waals surface area contributed by atoms with Gasteiger partial charge in [0.1, 0.15) is 0 Å². The van der Waals surface area contributed by atoms with Crippen LogP contribution < -0.4 is 11.5 Å². The fourth-order valence-corrected chi connectivity index (χ4v) is 4.56. The third kappa shape index (κ3) is 18.2. The van der Waals surface area contributed by atoms with Crippen LogP contribution >= 0.6 is 0 Å². The van der Waals surface area contributed by atoms with Gasteiger partial charge in [-0.15, -0.1) is 0 Å². The molecule has 0 amide bonds. The molecule has 0 spiro atoms. The largest absolute Gasteiger partial charge is 0.394 e. The normalized spacial score (nSPS) is 12.6. The first kappa shape index (κ1) is 31.7. The molecule has 0 atom stereocenters. The molecule has 0 bridgehead atoms. The van der Waals surface area contributed by atoms with Gasteiger partial charge < -0.3 is 11.5 Å². The number of hydrogen-bond acceptors (Lipinski definition) is 2. The summed E-state index contributed by atoms with van der Waals surface area (Å²) in [4.78, 5) is 0. The second-order valence-corrected chi connectivity index (χ2v) is 10.2. The van der Waals surface area contributed by atoms with E-state index in [4.69, 9.17) is 11.5 Å². The first-order valence-electron chi connectivity index (χ1n) is 13.8. The highest BCUT2D eigenvalue weighted by atomic mass is 19.4. The first-order valence-corrected chi connectivity index (χ1v) is 13.8. The van der Waals surface area contributed by atoms with Crippen LogP contribution in [0.2, 0.25) is 0 Å². The van der Waals surface area contributed by atoms with E-state index in [0.29, 0.717) is 25.7 Å². The Morgan fingerprint density at radius 3 is 0.844 bits per heavy atom. The van der Waals surface area contributed by atoms with Gasteiger partial charge >= 0.3 is 6.18 Å². The van der Waals surface area contributed by atoms with Gasteiger partial charge in [0.05, 0.1) is 5.41 Å². The molecular formula is C27H55F3N2. The molecule has 0 rings (SSSR count). The molecule has 0 saturated carbocycles. The number of alkyl halides is 3. The van der Waals surface area contributed by atoms with Crippen molar-refractivity contribution in [2.75, 3.05) is 13.1 Å². The van der Waals surface area contributed by atoms with Gasteiger partial charge in [0.25, 0.3) is 0 Å². The fraction of sp³-hybridized carbons (Fsp3) is 1.00. The van der Waals surface area contributed by atoms with Gasteiger partial charge in [0, 0.05) is 0 Å².